The Morgan fingerprint density at radius 1 is 1.17 bits per heavy atom. The fourth-order valence-electron chi connectivity index (χ4n) is 4.36. The van der Waals surface area contributed by atoms with Gasteiger partial charge in [0.15, 0.2) is 11.8 Å². The van der Waals surface area contributed by atoms with Crippen LogP contribution in [0.15, 0.2) is 18.2 Å². The minimum Gasteiger partial charge on any atom is -0.456 e. The van der Waals surface area contributed by atoms with Gasteiger partial charge in [-0.25, -0.2) is 13.8 Å². The highest BCUT2D eigenvalue weighted by Gasteiger charge is 2.48. The van der Waals surface area contributed by atoms with E-state index in [0.717, 1.165) is 6.42 Å². The molecule has 1 aromatic carbocycles. The first-order chi connectivity index (χ1) is 16.8. The number of aliphatic hydroxyl groups is 1. The zero-order valence-corrected chi connectivity index (χ0v) is 20.1. The van der Waals surface area contributed by atoms with Crippen molar-refractivity contribution in [2.24, 2.45) is 5.92 Å². The van der Waals surface area contributed by atoms with Gasteiger partial charge >= 0.3 is 0 Å². The highest BCUT2D eigenvalue weighted by atomic mass is 35.5. The number of H-pyrrole nitrogens is 1. The highest BCUT2D eigenvalue weighted by molar-refractivity contribution is 6.33. The Bertz CT molecular complexity index is 1200. The Labute approximate surface area is 206 Å². The van der Waals surface area contributed by atoms with Crippen LogP contribution in [-0.4, -0.2) is 57.7 Å². The van der Waals surface area contributed by atoms with Gasteiger partial charge in [-0.1, -0.05) is 25.4 Å². The second-order valence-corrected chi connectivity index (χ2v) is 9.78. The van der Waals surface area contributed by atoms with Crippen molar-refractivity contribution < 1.29 is 28.1 Å². The lowest BCUT2D eigenvalue weighted by atomic mass is 10.0. The lowest BCUT2D eigenvalue weighted by molar-refractivity contribution is 0.00706. The molecule has 4 heterocycles. The van der Waals surface area contributed by atoms with Gasteiger partial charge < -0.3 is 29.6 Å². The van der Waals surface area contributed by atoms with E-state index in [2.05, 4.69) is 34.1 Å². The van der Waals surface area contributed by atoms with Gasteiger partial charge in [-0.15, -0.1) is 0 Å². The summed E-state index contributed by atoms with van der Waals surface area (Å²) in [6.45, 7) is 4.47. The number of pyridine rings is 1. The van der Waals surface area contributed by atoms with E-state index in [1.54, 1.807) is 6.07 Å². The SMILES string of the molecule is CC(C)CCc1cc(F)c(CNc2nc3nc(O[C@@H]4CO[C@H]5[C@@H]4OC[C@H]5O)[nH]c3cc2Cl)c(F)c1. The average Bonchev–Trinajstić information content (AvgIpc) is 3.48. The zero-order valence-electron chi connectivity index (χ0n) is 19.4. The maximum Gasteiger partial charge on any atom is 0.296 e. The Hall–Kier alpha value is -2.53. The molecule has 0 spiro atoms. The second-order valence-electron chi connectivity index (χ2n) is 9.38. The first kappa shape index (κ1) is 24.2. The van der Waals surface area contributed by atoms with Crippen molar-refractivity contribution in [2.45, 2.75) is 57.6 Å². The second kappa shape index (κ2) is 9.85. The number of benzene rings is 1. The summed E-state index contributed by atoms with van der Waals surface area (Å²) in [7, 11) is 0. The third kappa shape index (κ3) is 5.06. The molecule has 35 heavy (non-hydrogen) atoms. The van der Waals surface area contributed by atoms with Crippen molar-refractivity contribution in [1.82, 2.24) is 15.0 Å². The molecule has 0 amide bonds. The molecular weight excluding hydrogens is 482 g/mol. The molecular formula is C24H27ClF2N4O4. The van der Waals surface area contributed by atoms with E-state index in [-0.39, 0.29) is 48.3 Å². The molecule has 0 bridgehead atoms. The van der Waals surface area contributed by atoms with E-state index in [1.165, 1.54) is 12.1 Å². The van der Waals surface area contributed by atoms with Crippen LogP contribution in [0.1, 0.15) is 31.4 Å². The monoisotopic (exact) mass is 508 g/mol. The first-order valence-electron chi connectivity index (χ1n) is 11.6. The van der Waals surface area contributed by atoms with Crippen molar-refractivity contribution in [2.75, 3.05) is 18.5 Å². The number of hydrogen-bond donors (Lipinski definition) is 3. The normalized spacial score (nSPS) is 23.9. The molecule has 3 aromatic rings. The summed E-state index contributed by atoms with van der Waals surface area (Å²) >= 11 is 6.34. The largest absolute Gasteiger partial charge is 0.456 e. The van der Waals surface area contributed by atoms with Crippen LogP contribution in [0, 0.1) is 17.6 Å². The molecule has 0 unspecified atom stereocenters. The number of nitrogens with one attached hydrogen (secondary N) is 2. The van der Waals surface area contributed by atoms with Gasteiger partial charge in [0.25, 0.3) is 6.01 Å². The third-order valence-corrected chi connectivity index (χ3v) is 6.58. The number of aromatic amines is 1. The molecule has 2 aliphatic heterocycles. The molecule has 188 valence electrons. The summed E-state index contributed by atoms with van der Waals surface area (Å²) in [4.78, 5) is 11.7. The summed E-state index contributed by atoms with van der Waals surface area (Å²) in [5.74, 6) is -0.530. The summed E-state index contributed by atoms with van der Waals surface area (Å²) < 4.78 is 46.2. The fraction of sp³-hybridized carbons (Fsp3) is 0.500. The van der Waals surface area contributed by atoms with Crippen molar-refractivity contribution >= 4 is 28.6 Å². The number of aryl methyl sites for hydroxylation is 1. The van der Waals surface area contributed by atoms with Gasteiger partial charge in [-0.3, -0.25) is 0 Å². The Morgan fingerprint density at radius 3 is 2.66 bits per heavy atom. The van der Waals surface area contributed by atoms with Crippen LogP contribution in [-0.2, 0) is 22.4 Å². The molecule has 5 rings (SSSR count). The van der Waals surface area contributed by atoms with E-state index in [1.807, 2.05) is 0 Å². The van der Waals surface area contributed by atoms with Crippen LogP contribution in [0.2, 0.25) is 5.02 Å². The lowest BCUT2D eigenvalue weighted by Gasteiger charge is -2.15. The minimum absolute atomic E-state index is 0.0863. The van der Waals surface area contributed by atoms with Crippen LogP contribution in [0.4, 0.5) is 14.6 Å². The molecule has 0 saturated carbocycles. The number of rotatable bonds is 8. The molecule has 8 nitrogen and oxygen atoms in total. The van der Waals surface area contributed by atoms with Crippen LogP contribution < -0.4 is 10.1 Å². The van der Waals surface area contributed by atoms with E-state index < -0.39 is 29.9 Å². The molecule has 3 N–H and O–H groups in total. The number of imidazole rings is 1. The Morgan fingerprint density at radius 2 is 1.91 bits per heavy atom. The summed E-state index contributed by atoms with van der Waals surface area (Å²) in [6.07, 6.45) is -0.431. The Kier molecular flexibility index (Phi) is 6.80. The lowest BCUT2D eigenvalue weighted by Crippen LogP contribution is -2.34. The van der Waals surface area contributed by atoms with Gasteiger partial charge in [0.1, 0.15) is 35.8 Å². The third-order valence-electron chi connectivity index (χ3n) is 6.29. The van der Waals surface area contributed by atoms with Crippen LogP contribution in [0.5, 0.6) is 6.01 Å². The molecule has 2 aromatic heterocycles. The first-order valence-corrected chi connectivity index (χ1v) is 12.0. The summed E-state index contributed by atoms with van der Waals surface area (Å²) in [5, 5.41) is 13.0. The van der Waals surface area contributed by atoms with Crippen LogP contribution >= 0.6 is 11.6 Å². The molecule has 2 aliphatic rings. The van der Waals surface area contributed by atoms with Gasteiger partial charge in [0.05, 0.1) is 23.8 Å². The molecule has 11 heteroatoms. The van der Waals surface area contributed by atoms with Gasteiger partial charge in [-0.05, 0) is 42.5 Å². The zero-order chi connectivity index (χ0) is 24.7. The predicted octanol–water partition coefficient (Wildman–Crippen LogP) is 4.00. The number of fused-ring (bicyclic) bond motifs is 2. The van der Waals surface area contributed by atoms with E-state index in [0.29, 0.717) is 29.1 Å². The van der Waals surface area contributed by atoms with Crippen LogP contribution in [0.3, 0.4) is 0 Å². The number of halogens is 3. The van der Waals surface area contributed by atoms with Gasteiger partial charge in [-0.2, -0.15) is 4.98 Å². The minimum atomic E-state index is -0.677. The standard InChI is InChI=1S/C24H27ClF2N4O4/c1-11(2)3-4-12-5-15(26)13(16(27)6-12)8-28-22-14(25)7-17-23(30-22)31-24(29-17)35-19-10-34-20-18(32)9-33-21(19)20/h5-7,11,18-21,32H,3-4,8-10H2,1-2H3,(H2,28,29,30,31)/t18-,19-,20-,21-/m1/s1. The summed E-state index contributed by atoms with van der Waals surface area (Å²) in [6, 6.07) is 4.57. The van der Waals surface area contributed by atoms with E-state index in [4.69, 9.17) is 25.8 Å². The van der Waals surface area contributed by atoms with Gasteiger partial charge in [0, 0.05) is 12.1 Å². The molecule has 4 atom stereocenters. The van der Waals surface area contributed by atoms with Crippen LogP contribution in [0.25, 0.3) is 11.2 Å². The fourth-order valence-corrected chi connectivity index (χ4v) is 4.58. The molecule has 2 saturated heterocycles. The molecule has 2 fully saturated rings. The Balaban J connectivity index is 1.28. The summed E-state index contributed by atoms with van der Waals surface area (Å²) in [5.41, 5.74) is 1.40. The molecule has 0 radical (unpaired) electrons. The quantitative estimate of drug-likeness (QED) is 0.423. The number of anilines is 1. The van der Waals surface area contributed by atoms with Crippen molar-refractivity contribution in [3.8, 4) is 6.01 Å². The number of aromatic nitrogens is 3. The van der Waals surface area contributed by atoms with Crippen molar-refractivity contribution in [3.05, 3.63) is 46.0 Å². The highest BCUT2D eigenvalue weighted by Crippen LogP contribution is 2.31. The van der Waals surface area contributed by atoms with Gasteiger partial charge in [0.2, 0.25) is 0 Å². The molecule has 0 aliphatic carbocycles. The number of hydrogen-bond acceptors (Lipinski definition) is 7. The van der Waals surface area contributed by atoms with Crippen molar-refractivity contribution in [1.29, 1.82) is 0 Å². The maximum absolute atomic E-state index is 14.6. The smallest absolute Gasteiger partial charge is 0.296 e. The number of ether oxygens (including phenoxy) is 3. The number of aliphatic hydroxyl groups excluding tert-OH is 1. The predicted molar refractivity (Wildman–Crippen MR) is 126 cm³/mol. The maximum atomic E-state index is 14.6. The average molecular weight is 509 g/mol. The van der Waals surface area contributed by atoms with E-state index in [9.17, 15) is 13.9 Å². The topological polar surface area (TPSA) is 102 Å². The van der Waals surface area contributed by atoms with Crippen molar-refractivity contribution in [3.63, 3.8) is 0 Å². The van der Waals surface area contributed by atoms with E-state index >= 15 is 0 Å². The number of nitrogens with zero attached hydrogens (tertiary/aromatic N) is 2.